The number of nitrogens with one attached hydrogen (secondary N) is 1. The van der Waals surface area contributed by atoms with Crippen LogP contribution in [0.1, 0.15) is 29.8 Å². The number of fused-ring (bicyclic) bond motifs is 2. The molecule has 3 nitrogen and oxygen atoms in total. The molecular weight excluding hydrogens is 291 g/mol. The van der Waals surface area contributed by atoms with Gasteiger partial charge in [-0.1, -0.05) is 23.7 Å². The number of aromatic nitrogens is 1. The molecule has 0 radical (unpaired) electrons. The summed E-state index contributed by atoms with van der Waals surface area (Å²) in [4.78, 5) is 12.4. The van der Waals surface area contributed by atoms with Crippen LogP contribution in [-0.2, 0) is 7.05 Å². The Labute approximate surface area is 127 Å². The Balaban J connectivity index is 1.60. The molecule has 110 valence electrons. The van der Waals surface area contributed by atoms with Crippen molar-refractivity contribution >= 4 is 28.4 Å². The van der Waals surface area contributed by atoms with Crippen LogP contribution in [0.15, 0.2) is 24.3 Å². The number of aryl methyl sites for hydroxylation is 1. The Kier molecular flexibility index (Phi) is 2.65. The number of alkyl halides is 1. The van der Waals surface area contributed by atoms with E-state index in [0.717, 1.165) is 17.3 Å². The van der Waals surface area contributed by atoms with Gasteiger partial charge in [-0.15, -0.1) is 0 Å². The smallest absolute Gasteiger partial charge is 0.268 e. The van der Waals surface area contributed by atoms with Gasteiger partial charge in [0.1, 0.15) is 11.4 Å². The van der Waals surface area contributed by atoms with Crippen LogP contribution in [0, 0.1) is 5.92 Å². The maximum Gasteiger partial charge on any atom is 0.268 e. The van der Waals surface area contributed by atoms with Gasteiger partial charge in [-0.2, -0.15) is 0 Å². The van der Waals surface area contributed by atoms with Crippen molar-refractivity contribution in [3.63, 3.8) is 0 Å². The third kappa shape index (κ3) is 1.75. The number of rotatable bonds is 2. The first-order valence-corrected chi connectivity index (χ1v) is 7.61. The Hall–Kier alpha value is -1.55. The van der Waals surface area contributed by atoms with Crippen molar-refractivity contribution in [2.45, 2.75) is 31.0 Å². The molecule has 4 rings (SSSR count). The summed E-state index contributed by atoms with van der Waals surface area (Å²) in [6, 6.07) is 7.41. The number of benzene rings is 1. The first kappa shape index (κ1) is 13.1. The molecule has 0 bridgehead atoms. The van der Waals surface area contributed by atoms with E-state index in [4.69, 9.17) is 11.6 Å². The molecule has 3 atom stereocenters. The predicted molar refractivity (Wildman–Crippen MR) is 80.4 cm³/mol. The molecule has 0 saturated heterocycles. The Morgan fingerprint density at radius 1 is 1.52 bits per heavy atom. The highest BCUT2D eigenvalue weighted by atomic mass is 35.5. The summed E-state index contributed by atoms with van der Waals surface area (Å²) in [6.45, 7) is 0. The summed E-state index contributed by atoms with van der Waals surface area (Å²) < 4.78 is 15.7. The topological polar surface area (TPSA) is 34.0 Å². The lowest BCUT2D eigenvalue weighted by Gasteiger charge is -2.57. The van der Waals surface area contributed by atoms with Crippen LogP contribution in [-0.4, -0.2) is 22.2 Å². The molecule has 5 heteroatoms. The maximum absolute atomic E-state index is 13.9. The van der Waals surface area contributed by atoms with Gasteiger partial charge < -0.3 is 9.88 Å². The van der Waals surface area contributed by atoms with Gasteiger partial charge in [0.05, 0.1) is 10.5 Å². The van der Waals surface area contributed by atoms with Crippen LogP contribution in [0.2, 0.25) is 5.02 Å². The van der Waals surface area contributed by atoms with Crippen molar-refractivity contribution in [3.05, 3.63) is 35.0 Å². The van der Waals surface area contributed by atoms with Gasteiger partial charge in [-0.3, -0.25) is 4.79 Å². The van der Waals surface area contributed by atoms with E-state index in [2.05, 4.69) is 5.32 Å². The number of halogens is 2. The third-order valence-corrected chi connectivity index (χ3v) is 5.44. The molecule has 2 fully saturated rings. The number of para-hydroxylation sites is 1. The quantitative estimate of drug-likeness (QED) is 0.906. The minimum Gasteiger partial charge on any atom is -0.348 e. The van der Waals surface area contributed by atoms with Crippen LogP contribution in [0.5, 0.6) is 0 Å². The van der Waals surface area contributed by atoms with E-state index < -0.39 is 5.67 Å². The van der Waals surface area contributed by atoms with Crippen LogP contribution >= 0.6 is 11.6 Å². The van der Waals surface area contributed by atoms with Crippen molar-refractivity contribution in [2.75, 3.05) is 0 Å². The Morgan fingerprint density at radius 2 is 2.33 bits per heavy atom. The van der Waals surface area contributed by atoms with Crippen molar-refractivity contribution in [1.82, 2.24) is 9.88 Å². The molecule has 2 aromatic rings. The van der Waals surface area contributed by atoms with E-state index >= 15 is 0 Å². The molecule has 1 aromatic carbocycles. The van der Waals surface area contributed by atoms with Crippen LogP contribution < -0.4 is 5.32 Å². The fourth-order valence-corrected chi connectivity index (χ4v) is 4.07. The SMILES string of the molecule is Cn1c(C(=O)NC2CC3(F)CCC23)cc2cccc(Cl)c21. The summed E-state index contributed by atoms with van der Waals surface area (Å²) in [5.74, 6) is -0.136. The minimum atomic E-state index is -1.000. The second-order valence-corrected chi connectivity index (χ2v) is 6.64. The van der Waals surface area contributed by atoms with E-state index in [0.29, 0.717) is 23.6 Å². The van der Waals surface area contributed by atoms with E-state index in [1.54, 1.807) is 4.57 Å². The number of nitrogens with zero attached hydrogens (tertiary/aromatic N) is 1. The average molecular weight is 307 g/mol. The minimum absolute atomic E-state index is 0.0136. The van der Waals surface area contributed by atoms with Gasteiger partial charge in [0.15, 0.2) is 0 Å². The van der Waals surface area contributed by atoms with Crippen LogP contribution in [0.4, 0.5) is 4.39 Å². The van der Waals surface area contributed by atoms with E-state index in [9.17, 15) is 9.18 Å². The molecule has 1 aromatic heterocycles. The van der Waals surface area contributed by atoms with Crippen molar-refractivity contribution in [3.8, 4) is 0 Å². The molecule has 1 heterocycles. The normalized spacial score (nSPS) is 30.4. The Morgan fingerprint density at radius 3 is 2.90 bits per heavy atom. The molecular formula is C16H16ClFN2O. The highest BCUT2D eigenvalue weighted by molar-refractivity contribution is 6.35. The molecule has 0 spiro atoms. The largest absolute Gasteiger partial charge is 0.348 e. The highest BCUT2D eigenvalue weighted by Crippen LogP contribution is 2.56. The van der Waals surface area contributed by atoms with E-state index in [1.807, 2.05) is 31.3 Å². The molecule has 2 aliphatic rings. The maximum atomic E-state index is 13.9. The monoisotopic (exact) mass is 306 g/mol. The molecule has 21 heavy (non-hydrogen) atoms. The number of carbonyl (C=O) groups is 1. The summed E-state index contributed by atoms with van der Waals surface area (Å²) in [6.07, 6.45) is 1.98. The Bertz CT molecular complexity index is 756. The molecule has 1 amide bonds. The first-order valence-electron chi connectivity index (χ1n) is 7.23. The highest BCUT2D eigenvalue weighted by Gasteiger charge is 2.61. The fourth-order valence-electron chi connectivity index (χ4n) is 3.77. The van der Waals surface area contributed by atoms with Crippen LogP contribution in [0.3, 0.4) is 0 Å². The molecule has 2 aliphatic carbocycles. The van der Waals surface area contributed by atoms with Gasteiger partial charge >= 0.3 is 0 Å². The summed E-state index contributed by atoms with van der Waals surface area (Å²) in [5.41, 5.74) is 0.412. The number of hydrogen-bond donors (Lipinski definition) is 1. The van der Waals surface area contributed by atoms with E-state index in [1.165, 1.54) is 0 Å². The molecule has 2 saturated carbocycles. The van der Waals surface area contributed by atoms with Gasteiger partial charge in [-0.25, -0.2) is 4.39 Å². The predicted octanol–water partition coefficient (Wildman–Crippen LogP) is 3.45. The second kappa shape index (κ2) is 4.23. The third-order valence-electron chi connectivity index (χ3n) is 5.14. The fraction of sp³-hybridized carbons (Fsp3) is 0.438. The lowest BCUT2D eigenvalue weighted by atomic mass is 9.54. The zero-order chi connectivity index (χ0) is 14.8. The number of hydrogen-bond acceptors (Lipinski definition) is 1. The summed E-state index contributed by atoms with van der Waals surface area (Å²) in [7, 11) is 1.83. The summed E-state index contributed by atoms with van der Waals surface area (Å²) >= 11 is 6.19. The van der Waals surface area contributed by atoms with Crippen LogP contribution in [0.25, 0.3) is 10.9 Å². The molecule has 1 N–H and O–H groups in total. The van der Waals surface area contributed by atoms with Crippen molar-refractivity contribution < 1.29 is 9.18 Å². The van der Waals surface area contributed by atoms with E-state index in [-0.39, 0.29) is 17.9 Å². The zero-order valence-corrected chi connectivity index (χ0v) is 12.5. The lowest BCUT2D eigenvalue weighted by molar-refractivity contribution is -0.125. The van der Waals surface area contributed by atoms with Gasteiger partial charge in [0.2, 0.25) is 0 Å². The molecule has 0 aliphatic heterocycles. The number of amides is 1. The molecule has 3 unspecified atom stereocenters. The number of carbonyl (C=O) groups excluding carboxylic acids is 1. The van der Waals surface area contributed by atoms with Crippen molar-refractivity contribution in [1.29, 1.82) is 0 Å². The second-order valence-electron chi connectivity index (χ2n) is 6.23. The van der Waals surface area contributed by atoms with Gasteiger partial charge in [0.25, 0.3) is 5.91 Å². The zero-order valence-electron chi connectivity index (χ0n) is 11.7. The first-order chi connectivity index (χ1) is 9.99. The van der Waals surface area contributed by atoms with Crippen molar-refractivity contribution in [2.24, 2.45) is 13.0 Å². The standard InChI is InChI=1S/C16H16ClFN2O/c1-20-13(7-9-3-2-4-11(17)14(9)20)15(21)19-12-8-16(18)6-5-10(12)16/h2-4,7,10,12H,5-6,8H2,1H3,(H,19,21). The van der Waals surface area contributed by atoms with Gasteiger partial charge in [0, 0.05) is 30.8 Å². The summed E-state index contributed by atoms with van der Waals surface area (Å²) in [5, 5.41) is 4.53. The van der Waals surface area contributed by atoms with Gasteiger partial charge in [-0.05, 0) is 25.0 Å². The lowest BCUT2D eigenvalue weighted by Crippen LogP contribution is -2.66. The average Bonchev–Trinajstić information content (AvgIpc) is 2.76.